The van der Waals surface area contributed by atoms with Gasteiger partial charge >= 0.3 is 0 Å². The van der Waals surface area contributed by atoms with Crippen molar-refractivity contribution in [2.24, 2.45) is 0 Å². The van der Waals surface area contributed by atoms with Crippen molar-refractivity contribution in [3.63, 3.8) is 0 Å². The molecule has 1 aromatic carbocycles. The lowest BCUT2D eigenvalue weighted by Gasteiger charge is -2.25. The first-order chi connectivity index (χ1) is 16.8. The molecule has 35 heavy (non-hydrogen) atoms. The van der Waals surface area contributed by atoms with Gasteiger partial charge in [-0.2, -0.15) is 0 Å². The van der Waals surface area contributed by atoms with Crippen LogP contribution in [0, 0.1) is 5.82 Å². The highest BCUT2D eigenvalue weighted by atomic mass is 35.5. The van der Waals surface area contributed by atoms with Gasteiger partial charge in [-0.1, -0.05) is 18.2 Å². The van der Waals surface area contributed by atoms with Crippen LogP contribution in [0.25, 0.3) is 0 Å². The van der Waals surface area contributed by atoms with Gasteiger partial charge in [0, 0.05) is 18.7 Å². The van der Waals surface area contributed by atoms with Gasteiger partial charge in [0.15, 0.2) is 6.29 Å². The molecule has 3 heterocycles. The number of halogens is 4. The van der Waals surface area contributed by atoms with Gasteiger partial charge in [0.2, 0.25) is 11.2 Å². The molecule has 9 nitrogen and oxygen atoms in total. The number of nitrogens with zero attached hydrogens (tertiary/aromatic N) is 2. The number of carbonyl (C=O) groups excluding carboxylic acids is 1. The zero-order valence-corrected chi connectivity index (χ0v) is 19.6. The number of rotatable bonds is 8. The molecule has 2 aromatic rings. The van der Waals surface area contributed by atoms with E-state index >= 15 is 0 Å². The number of amides is 1. The van der Waals surface area contributed by atoms with Gasteiger partial charge in [0.05, 0.1) is 49.1 Å². The third-order valence-corrected chi connectivity index (χ3v) is 5.71. The third-order valence-electron chi connectivity index (χ3n) is 5.55. The number of morpholine rings is 1. The minimum atomic E-state index is -2.96. The Balaban J connectivity index is 1.62. The summed E-state index contributed by atoms with van der Waals surface area (Å²) in [6, 6.07) is 3.00. The monoisotopic (exact) mass is 515 g/mol. The summed E-state index contributed by atoms with van der Waals surface area (Å²) in [6.07, 6.45) is -4.52. The van der Waals surface area contributed by atoms with E-state index < -0.39 is 36.4 Å². The maximum absolute atomic E-state index is 14.7. The van der Waals surface area contributed by atoms with Crippen LogP contribution in [0.15, 0.2) is 18.2 Å². The lowest BCUT2D eigenvalue weighted by molar-refractivity contribution is -0.125. The largest absolute Gasteiger partial charge is 0.363 e. The van der Waals surface area contributed by atoms with Gasteiger partial charge in [-0.25, -0.2) is 23.1 Å². The Morgan fingerprint density at radius 1 is 1.20 bits per heavy atom. The number of benzene rings is 1. The average Bonchev–Trinajstić information content (AvgIpc) is 3.33. The number of ether oxygens (including phenoxy) is 3. The summed E-state index contributed by atoms with van der Waals surface area (Å²) in [5, 5.41) is 8.72. The zero-order valence-electron chi connectivity index (χ0n) is 18.8. The molecule has 3 N–H and O–H groups in total. The molecule has 2 fully saturated rings. The van der Waals surface area contributed by atoms with Crippen LogP contribution in [-0.2, 0) is 25.4 Å². The molecule has 0 spiro atoms. The van der Waals surface area contributed by atoms with E-state index in [-0.39, 0.29) is 34.7 Å². The van der Waals surface area contributed by atoms with Crippen LogP contribution in [0.2, 0.25) is 5.28 Å². The second-order valence-corrected chi connectivity index (χ2v) is 8.34. The standard InChI is InChI=1S/C22H25ClF3N5O4/c1-11(12-3-2-4-13(18(12)24)19(25)26)28-20-17(21-34-7-8-35-21)14(29-22(23)31-20)9-15(32)30-16-10-27-5-6-33-16/h2-4,11,16,19,21,27H,5-10H2,1H3,(H,30,32)(H,28,29,31)/t11?,16-/m1/s1. The molecule has 1 aromatic heterocycles. The predicted octanol–water partition coefficient (Wildman–Crippen LogP) is 3.03. The Hall–Kier alpha value is -2.51. The Bertz CT molecular complexity index is 1050. The molecule has 0 aliphatic carbocycles. The smallest absolute Gasteiger partial charge is 0.266 e. The summed E-state index contributed by atoms with van der Waals surface area (Å²) in [5.41, 5.74) is -0.119. The SMILES string of the molecule is CC(Nc1nc(Cl)nc(CC(=O)N[C@H]2CNCCO2)c1C1OCCO1)c1cccc(C(F)F)c1F. The van der Waals surface area contributed by atoms with Crippen molar-refractivity contribution >= 4 is 23.3 Å². The summed E-state index contributed by atoms with van der Waals surface area (Å²) < 4.78 is 57.8. The van der Waals surface area contributed by atoms with Crippen molar-refractivity contribution in [2.75, 3.05) is 38.2 Å². The van der Waals surface area contributed by atoms with E-state index in [1.807, 2.05) is 0 Å². The van der Waals surface area contributed by atoms with Crippen LogP contribution >= 0.6 is 11.6 Å². The fourth-order valence-electron chi connectivity index (χ4n) is 3.90. The fourth-order valence-corrected chi connectivity index (χ4v) is 4.08. The molecule has 1 unspecified atom stereocenters. The molecular formula is C22H25ClF3N5O4. The second-order valence-electron chi connectivity index (χ2n) is 8.00. The Labute approximate surface area is 204 Å². The summed E-state index contributed by atoms with van der Waals surface area (Å²) in [5.74, 6) is -1.25. The van der Waals surface area contributed by atoms with Crippen LogP contribution in [0.3, 0.4) is 0 Å². The minimum Gasteiger partial charge on any atom is -0.363 e. The highest BCUT2D eigenvalue weighted by molar-refractivity contribution is 6.28. The summed E-state index contributed by atoms with van der Waals surface area (Å²) in [4.78, 5) is 21.1. The van der Waals surface area contributed by atoms with E-state index in [2.05, 4.69) is 25.9 Å². The molecule has 1 amide bonds. The van der Waals surface area contributed by atoms with E-state index in [0.29, 0.717) is 38.5 Å². The van der Waals surface area contributed by atoms with E-state index in [4.69, 9.17) is 25.8 Å². The summed E-state index contributed by atoms with van der Waals surface area (Å²) >= 11 is 6.15. The first-order valence-electron chi connectivity index (χ1n) is 11.1. The molecule has 0 bridgehead atoms. The summed E-state index contributed by atoms with van der Waals surface area (Å²) in [6.45, 7) is 3.83. The van der Waals surface area contributed by atoms with Gasteiger partial charge < -0.3 is 30.2 Å². The first-order valence-corrected chi connectivity index (χ1v) is 11.5. The van der Waals surface area contributed by atoms with Gasteiger partial charge in [-0.15, -0.1) is 0 Å². The number of nitrogens with one attached hydrogen (secondary N) is 3. The van der Waals surface area contributed by atoms with E-state index in [1.165, 1.54) is 12.1 Å². The van der Waals surface area contributed by atoms with E-state index in [0.717, 1.165) is 6.07 Å². The van der Waals surface area contributed by atoms with Gasteiger partial charge in [0.1, 0.15) is 17.9 Å². The molecule has 2 saturated heterocycles. The van der Waals surface area contributed by atoms with Crippen molar-refractivity contribution in [3.05, 3.63) is 51.7 Å². The van der Waals surface area contributed by atoms with Crippen molar-refractivity contribution in [2.45, 2.75) is 38.3 Å². The van der Waals surface area contributed by atoms with Crippen LogP contribution in [0.4, 0.5) is 19.0 Å². The van der Waals surface area contributed by atoms with Crippen LogP contribution in [0.5, 0.6) is 0 Å². The first kappa shape index (κ1) is 25.6. The molecule has 0 radical (unpaired) electrons. The average molecular weight is 516 g/mol. The second kappa shape index (κ2) is 11.5. The minimum absolute atomic E-state index is 0.0120. The van der Waals surface area contributed by atoms with Gasteiger partial charge in [-0.3, -0.25) is 4.79 Å². The molecule has 4 rings (SSSR count). The maximum Gasteiger partial charge on any atom is 0.266 e. The van der Waals surface area contributed by atoms with E-state index in [1.54, 1.807) is 6.92 Å². The van der Waals surface area contributed by atoms with Crippen molar-refractivity contribution < 1.29 is 32.2 Å². The van der Waals surface area contributed by atoms with Crippen LogP contribution < -0.4 is 16.0 Å². The maximum atomic E-state index is 14.7. The molecule has 2 aliphatic rings. The molecular weight excluding hydrogens is 491 g/mol. The lowest BCUT2D eigenvalue weighted by atomic mass is 10.0. The van der Waals surface area contributed by atoms with E-state index in [9.17, 15) is 18.0 Å². The molecule has 2 atom stereocenters. The normalized spacial score (nSPS) is 19.7. The predicted molar refractivity (Wildman–Crippen MR) is 120 cm³/mol. The number of alkyl halides is 2. The highest BCUT2D eigenvalue weighted by Crippen LogP contribution is 2.35. The third kappa shape index (κ3) is 6.19. The van der Waals surface area contributed by atoms with Gasteiger partial charge in [-0.05, 0) is 18.5 Å². The Morgan fingerprint density at radius 3 is 2.63 bits per heavy atom. The van der Waals surface area contributed by atoms with Crippen molar-refractivity contribution in [3.8, 4) is 0 Å². The zero-order chi connectivity index (χ0) is 24.9. The number of aromatic nitrogens is 2. The number of anilines is 1. The van der Waals surface area contributed by atoms with Crippen molar-refractivity contribution in [1.29, 1.82) is 0 Å². The topological polar surface area (TPSA) is 107 Å². The van der Waals surface area contributed by atoms with Gasteiger partial charge in [0.25, 0.3) is 6.43 Å². The number of hydrogen-bond donors (Lipinski definition) is 3. The van der Waals surface area contributed by atoms with Crippen molar-refractivity contribution in [1.82, 2.24) is 20.6 Å². The number of hydrogen-bond acceptors (Lipinski definition) is 8. The quantitative estimate of drug-likeness (QED) is 0.461. The molecule has 13 heteroatoms. The lowest BCUT2D eigenvalue weighted by Crippen LogP contribution is -2.49. The fraction of sp³-hybridized carbons (Fsp3) is 0.500. The molecule has 0 saturated carbocycles. The van der Waals surface area contributed by atoms with Crippen LogP contribution in [-0.4, -0.2) is 55.0 Å². The Morgan fingerprint density at radius 2 is 1.94 bits per heavy atom. The number of carbonyl (C=O) groups is 1. The Kier molecular flexibility index (Phi) is 8.39. The molecule has 190 valence electrons. The summed E-state index contributed by atoms with van der Waals surface area (Å²) in [7, 11) is 0. The molecule has 2 aliphatic heterocycles. The van der Waals surface area contributed by atoms with Crippen LogP contribution in [0.1, 0.15) is 48.1 Å². The highest BCUT2D eigenvalue weighted by Gasteiger charge is 2.30.